The number of carbonyl (C=O) groups is 1. The number of carboxylic acids is 1. The van der Waals surface area contributed by atoms with Crippen molar-refractivity contribution in [3.8, 4) is 0 Å². The first-order valence-electron chi connectivity index (χ1n) is 6.59. The number of aromatic nitrogens is 1. The zero-order valence-corrected chi connectivity index (χ0v) is 12.1. The van der Waals surface area contributed by atoms with Crippen LogP contribution in [0.25, 0.3) is 10.9 Å². The van der Waals surface area contributed by atoms with Gasteiger partial charge in [-0.1, -0.05) is 24.3 Å². The molecular weight excluding hydrogens is 284 g/mol. The van der Waals surface area contributed by atoms with E-state index in [1.165, 1.54) is 11.3 Å². The van der Waals surface area contributed by atoms with Crippen molar-refractivity contribution in [3.05, 3.63) is 64.0 Å². The third kappa shape index (κ3) is 3.09. The number of para-hydroxylation sites is 1. The summed E-state index contributed by atoms with van der Waals surface area (Å²) in [7, 11) is 0. The first-order chi connectivity index (χ1) is 10.2. The van der Waals surface area contributed by atoms with Gasteiger partial charge in [-0.25, -0.2) is 4.79 Å². The van der Waals surface area contributed by atoms with Gasteiger partial charge in [0.25, 0.3) is 0 Å². The van der Waals surface area contributed by atoms with E-state index in [2.05, 4.69) is 16.4 Å². The Labute approximate surface area is 126 Å². The fourth-order valence-corrected chi connectivity index (χ4v) is 3.03. The quantitative estimate of drug-likeness (QED) is 0.759. The van der Waals surface area contributed by atoms with Crippen LogP contribution in [0.4, 0.5) is 0 Å². The van der Waals surface area contributed by atoms with Gasteiger partial charge in [-0.15, -0.1) is 11.3 Å². The highest BCUT2D eigenvalue weighted by atomic mass is 32.1. The van der Waals surface area contributed by atoms with Crippen LogP contribution in [0.3, 0.4) is 0 Å². The van der Waals surface area contributed by atoms with Crippen molar-refractivity contribution in [1.29, 1.82) is 0 Å². The Bertz CT molecular complexity index is 777. The van der Waals surface area contributed by atoms with Gasteiger partial charge in [0.1, 0.15) is 4.88 Å². The summed E-state index contributed by atoms with van der Waals surface area (Å²) in [5.74, 6) is -0.871. The molecular formula is C16H14N2O2S. The number of rotatable bonds is 5. The molecule has 0 saturated carbocycles. The van der Waals surface area contributed by atoms with Crippen LogP contribution in [0, 0.1) is 0 Å². The fourth-order valence-electron chi connectivity index (χ4n) is 2.22. The standard InChI is InChI=1S/C16H14N2O2S/c19-16(20)14-7-6-13(21-14)10-17-9-12-4-1-3-11-5-2-8-18-15(11)12/h1-8,17H,9-10H2,(H,19,20). The zero-order valence-electron chi connectivity index (χ0n) is 11.2. The van der Waals surface area contributed by atoms with E-state index in [1.807, 2.05) is 30.3 Å². The van der Waals surface area contributed by atoms with Crippen LogP contribution in [0.2, 0.25) is 0 Å². The van der Waals surface area contributed by atoms with Crippen LogP contribution in [0.5, 0.6) is 0 Å². The van der Waals surface area contributed by atoms with Gasteiger partial charge < -0.3 is 10.4 Å². The molecule has 0 aliphatic rings. The van der Waals surface area contributed by atoms with E-state index in [4.69, 9.17) is 5.11 Å². The van der Waals surface area contributed by atoms with Gasteiger partial charge in [-0.3, -0.25) is 4.98 Å². The number of aromatic carboxylic acids is 1. The normalized spacial score (nSPS) is 10.9. The van der Waals surface area contributed by atoms with E-state index in [9.17, 15) is 4.79 Å². The topological polar surface area (TPSA) is 62.2 Å². The Morgan fingerprint density at radius 3 is 2.81 bits per heavy atom. The SMILES string of the molecule is O=C(O)c1ccc(CNCc2cccc3cccnc23)s1. The molecule has 0 saturated heterocycles. The lowest BCUT2D eigenvalue weighted by Crippen LogP contribution is -2.12. The first kappa shape index (κ1) is 13.7. The second-order valence-electron chi connectivity index (χ2n) is 4.67. The number of fused-ring (bicyclic) bond motifs is 1. The van der Waals surface area contributed by atoms with Crippen molar-refractivity contribution in [2.75, 3.05) is 0 Å². The molecule has 2 heterocycles. The molecule has 0 atom stereocenters. The molecule has 21 heavy (non-hydrogen) atoms. The third-order valence-electron chi connectivity index (χ3n) is 3.20. The Balaban J connectivity index is 1.68. The number of pyridine rings is 1. The van der Waals surface area contributed by atoms with E-state index < -0.39 is 5.97 Å². The van der Waals surface area contributed by atoms with Crippen LogP contribution < -0.4 is 5.32 Å². The van der Waals surface area contributed by atoms with Gasteiger partial charge in [0.05, 0.1) is 5.52 Å². The van der Waals surface area contributed by atoms with E-state index in [-0.39, 0.29) is 0 Å². The number of carboxylic acid groups (broad SMARTS) is 1. The molecule has 0 amide bonds. The van der Waals surface area contributed by atoms with Crippen LogP contribution in [-0.2, 0) is 13.1 Å². The lowest BCUT2D eigenvalue weighted by molar-refractivity contribution is 0.0702. The largest absolute Gasteiger partial charge is 0.477 e. The lowest BCUT2D eigenvalue weighted by Gasteiger charge is -2.06. The van der Waals surface area contributed by atoms with Crippen molar-refractivity contribution in [2.45, 2.75) is 13.1 Å². The summed E-state index contributed by atoms with van der Waals surface area (Å²) in [6.07, 6.45) is 1.80. The number of hydrogen-bond donors (Lipinski definition) is 2. The number of nitrogens with zero attached hydrogens (tertiary/aromatic N) is 1. The van der Waals surface area contributed by atoms with Gasteiger partial charge >= 0.3 is 5.97 Å². The molecule has 0 aliphatic heterocycles. The van der Waals surface area contributed by atoms with Crippen LogP contribution >= 0.6 is 11.3 Å². The first-order valence-corrected chi connectivity index (χ1v) is 7.41. The molecule has 3 rings (SSSR count). The van der Waals surface area contributed by atoms with Crippen molar-refractivity contribution >= 4 is 28.2 Å². The molecule has 4 nitrogen and oxygen atoms in total. The molecule has 1 aromatic carbocycles. The van der Waals surface area contributed by atoms with Crippen LogP contribution in [0.1, 0.15) is 20.1 Å². The average molecular weight is 298 g/mol. The molecule has 3 aromatic rings. The molecule has 0 spiro atoms. The highest BCUT2D eigenvalue weighted by molar-refractivity contribution is 7.13. The second kappa shape index (κ2) is 6.03. The van der Waals surface area contributed by atoms with Crippen molar-refractivity contribution < 1.29 is 9.90 Å². The average Bonchev–Trinajstić information content (AvgIpc) is 2.97. The zero-order chi connectivity index (χ0) is 14.7. The molecule has 106 valence electrons. The van der Waals surface area contributed by atoms with E-state index in [1.54, 1.807) is 12.3 Å². The van der Waals surface area contributed by atoms with Gasteiger partial charge in [-0.05, 0) is 23.8 Å². The predicted molar refractivity (Wildman–Crippen MR) is 83.6 cm³/mol. The minimum Gasteiger partial charge on any atom is -0.477 e. The monoisotopic (exact) mass is 298 g/mol. The predicted octanol–water partition coefficient (Wildman–Crippen LogP) is 3.28. The maximum atomic E-state index is 10.8. The molecule has 0 fully saturated rings. The Hall–Kier alpha value is -2.24. The highest BCUT2D eigenvalue weighted by Gasteiger charge is 2.07. The van der Waals surface area contributed by atoms with E-state index in [0.29, 0.717) is 18.0 Å². The molecule has 2 aromatic heterocycles. The van der Waals surface area contributed by atoms with Gasteiger partial charge in [0.15, 0.2) is 0 Å². The van der Waals surface area contributed by atoms with Gasteiger partial charge in [-0.2, -0.15) is 0 Å². The van der Waals surface area contributed by atoms with E-state index >= 15 is 0 Å². The summed E-state index contributed by atoms with van der Waals surface area (Å²) in [5, 5.41) is 13.4. The molecule has 2 N–H and O–H groups in total. The Morgan fingerprint density at radius 1 is 1.14 bits per heavy atom. The summed E-state index contributed by atoms with van der Waals surface area (Å²) in [4.78, 5) is 16.6. The minimum atomic E-state index is -0.871. The van der Waals surface area contributed by atoms with Gasteiger partial charge in [0.2, 0.25) is 0 Å². The van der Waals surface area contributed by atoms with Gasteiger partial charge in [0, 0.05) is 29.5 Å². The number of nitrogens with one attached hydrogen (secondary N) is 1. The molecule has 0 aliphatic carbocycles. The molecule has 0 radical (unpaired) electrons. The molecule has 0 unspecified atom stereocenters. The third-order valence-corrected chi connectivity index (χ3v) is 4.28. The Kier molecular flexibility index (Phi) is 3.94. The summed E-state index contributed by atoms with van der Waals surface area (Å²) >= 11 is 1.30. The summed E-state index contributed by atoms with van der Waals surface area (Å²) < 4.78 is 0. The summed E-state index contributed by atoms with van der Waals surface area (Å²) in [5.41, 5.74) is 2.15. The Morgan fingerprint density at radius 2 is 2.00 bits per heavy atom. The highest BCUT2D eigenvalue weighted by Crippen LogP contribution is 2.18. The maximum absolute atomic E-state index is 10.8. The fraction of sp³-hybridized carbons (Fsp3) is 0.125. The van der Waals surface area contributed by atoms with Crippen LogP contribution in [-0.4, -0.2) is 16.1 Å². The number of benzene rings is 1. The minimum absolute atomic E-state index is 0.374. The molecule has 5 heteroatoms. The van der Waals surface area contributed by atoms with E-state index in [0.717, 1.165) is 21.3 Å². The second-order valence-corrected chi connectivity index (χ2v) is 5.84. The lowest BCUT2D eigenvalue weighted by atomic mass is 10.1. The summed E-state index contributed by atoms with van der Waals surface area (Å²) in [6.45, 7) is 1.36. The molecule has 0 bridgehead atoms. The van der Waals surface area contributed by atoms with Crippen molar-refractivity contribution in [3.63, 3.8) is 0 Å². The number of hydrogen-bond acceptors (Lipinski definition) is 4. The number of thiophene rings is 1. The smallest absolute Gasteiger partial charge is 0.345 e. The maximum Gasteiger partial charge on any atom is 0.345 e. The van der Waals surface area contributed by atoms with Crippen molar-refractivity contribution in [2.24, 2.45) is 0 Å². The van der Waals surface area contributed by atoms with Crippen LogP contribution in [0.15, 0.2) is 48.7 Å². The van der Waals surface area contributed by atoms with Crippen molar-refractivity contribution in [1.82, 2.24) is 10.3 Å². The summed E-state index contributed by atoms with van der Waals surface area (Å²) in [6, 6.07) is 13.6.